The highest BCUT2D eigenvalue weighted by atomic mass is 35.5. The van der Waals surface area contributed by atoms with Gasteiger partial charge >= 0.3 is 11.9 Å². The number of hydrogen-bond acceptors (Lipinski definition) is 8. The topological polar surface area (TPSA) is 105 Å². The Bertz CT molecular complexity index is 2130. The third-order valence-corrected chi connectivity index (χ3v) is 8.38. The van der Waals surface area contributed by atoms with Gasteiger partial charge in [0, 0.05) is 29.3 Å². The molecule has 0 saturated carbocycles. The number of aromatic nitrogens is 3. The van der Waals surface area contributed by atoms with Gasteiger partial charge in [-0.25, -0.2) is 14.5 Å². The molecule has 3 heterocycles. The van der Waals surface area contributed by atoms with Crippen molar-refractivity contribution in [3.63, 3.8) is 0 Å². The van der Waals surface area contributed by atoms with Gasteiger partial charge in [0.25, 0.3) is 5.56 Å². The molecule has 0 bridgehead atoms. The highest BCUT2D eigenvalue weighted by Gasteiger charge is 2.33. The Morgan fingerprint density at radius 1 is 1.02 bits per heavy atom. The predicted octanol–water partition coefficient (Wildman–Crippen LogP) is 5.23. The number of benzene rings is 3. The standard InChI is InChI=1S/C34H27ClN4O5S/c1-4-43-33(42)29-20(2)36-34-39(31(29)23-12-16-27(17-13-23)44-21(3)40)32(41)28(45-34)18-24-19-38(26-8-6-5-7-9-26)37-30(24)22-10-14-25(35)15-11-22/h5-19,31H,4H2,1-3H3/t31-/m1/s1. The lowest BCUT2D eigenvalue weighted by Gasteiger charge is -2.24. The maximum atomic E-state index is 14.2. The van der Waals surface area contributed by atoms with Crippen molar-refractivity contribution in [1.82, 2.24) is 14.3 Å². The fourth-order valence-corrected chi connectivity index (χ4v) is 6.33. The van der Waals surface area contributed by atoms with Crippen LogP contribution < -0.4 is 19.6 Å². The van der Waals surface area contributed by atoms with Crippen LogP contribution in [0.2, 0.25) is 5.02 Å². The van der Waals surface area contributed by atoms with E-state index in [4.69, 9.17) is 26.2 Å². The second kappa shape index (κ2) is 12.5. The molecule has 9 nitrogen and oxygen atoms in total. The second-order valence-electron chi connectivity index (χ2n) is 10.2. The van der Waals surface area contributed by atoms with Crippen LogP contribution in [0.3, 0.4) is 0 Å². The van der Waals surface area contributed by atoms with Crippen LogP contribution in [-0.4, -0.2) is 32.9 Å². The molecule has 226 valence electrons. The Balaban J connectivity index is 1.53. The van der Waals surface area contributed by atoms with Gasteiger partial charge in [0.15, 0.2) is 4.80 Å². The first-order valence-corrected chi connectivity index (χ1v) is 15.3. The van der Waals surface area contributed by atoms with E-state index in [9.17, 15) is 14.4 Å². The number of rotatable bonds is 7. The fraction of sp³-hybridized carbons (Fsp3) is 0.147. The van der Waals surface area contributed by atoms with E-state index >= 15 is 0 Å². The number of para-hydroxylation sites is 1. The first-order chi connectivity index (χ1) is 21.7. The molecule has 0 aliphatic carbocycles. The molecule has 2 aromatic heterocycles. The highest BCUT2D eigenvalue weighted by molar-refractivity contribution is 7.07. The molecular formula is C34H27ClN4O5S. The maximum absolute atomic E-state index is 14.2. The number of thiazole rings is 1. The molecular weight excluding hydrogens is 612 g/mol. The number of halogens is 1. The van der Waals surface area contributed by atoms with Crippen molar-refractivity contribution < 1.29 is 19.1 Å². The number of fused-ring (bicyclic) bond motifs is 1. The number of ether oxygens (including phenoxy) is 2. The lowest BCUT2D eigenvalue weighted by molar-refractivity contribution is -0.139. The van der Waals surface area contributed by atoms with Gasteiger partial charge in [-0.3, -0.25) is 14.2 Å². The monoisotopic (exact) mass is 638 g/mol. The Kier molecular flexibility index (Phi) is 8.34. The van der Waals surface area contributed by atoms with Crippen LogP contribution in [0.25, 0.3) is 23.0 Å². The van der Waals surface area contributed by atoms with Gasteiger partial charge in [-0.15, -0.1) is 0 Å². The summed E-state index contributed by atoms with van der Waals surface area (Å²) in [6.45, 7) is 4.93. The SMILES string of the molecule is CCOC(=O)C1=C(C)N=c2sc(=Cc3cn(-c4ccccc4)nc3-c3ccc(Cl)cc3)c(=O)n2[C@@H]1c1ccc(OC(C)=O)cc1. The maximum Gasteiger partial charge on any atom is 0.338 e. The van der Waals surface area contributed by atoms with E-state index in [0.29, 0.717) is 37.1 Å². The lowest BCUT2D eigenvalue weighted by atomic mass is 9.96. The van der Waals surface area contributed by atoms with Crippen LogP contribution in [0.4, 0.5) is 0 Å². The quantitative estimate of drug-likeness (QED) is 0.179. The van der Waals surface area contributed by atoms with Crippen LogP contribution in [0.5, 0.6) is 5.75 Å². The van der Waals surface area contributed by atoms with E-state index in [2.05, 4.69) is 4.99 Å². The molecule has 0 spiro atoms. The Hall–Kier alpha value is -5.06. The van der Waals surface area contributed by atoms with E-state index in [0.717, 1.165) is 16.8 Å². The van der Waals surface area contributed by atoms with Gasteiger partial charge in [-0.05, 0) is 61.9 Å². The molecule has 0 N–H and O–H groups in total. The molecule has 5 aromatic rings. The molecule has 0 saturated heterocycles. The van der Waals surface area contributed by atoms with Crippen molar-refractivity contribution in [2.75, 3.05) is 6.61 Å². The summed E-state index contributed by atoms with van der Waals surface area (Å²) in [5.41, 5.74) is 4.10. The zero-order valence-corrected chi connectivity index (χ0v) is 26.1. The van der Waals surface area contributed by atoms with Crippen molar-refractivity contribution in [3.05, 3.63) is 132 Å². The van der Waals surface area contributed by atoms with Crippen molar-refractivity contribution in [2.45, 2.75) is 26.8 Å². The summed E-state index contributed by atoms with van der Waals surface area (Å²) < 4.78 is 14.3. The molecule has 11 heteroatoms. The van der Waals surface area contributed by atoms with Gasteiger partial charge < -0.3 is 9.47 Å². The number of allylic oxidation sites excluding steroid dienone is 1. The molecule has 3 aromatic carbocycles. The van der Waals surface area contributed by atoms with E-state index in [1.54, 1.807) is 61.0 Å². The van der Waals surface area contributed by atoms with Gasteiger partial charge in [-0.2, -0.15) is 5.10 Å². The number of carbonyl (C=O) groups excluding carboxylic acids is 2. The molecule has 1 atom stereocenters. The molecule has 0 unspecified atom stereocenters. The minimum Gasteiger partial charge on any atom is -0.463 e. The fourth-order valence-electron chi connectivity index (χ4n) is 5.17. The van der Waals surface area contributed by atoms with Crippen molar-refractivity contribution in [2.24, 2.45) is 4.99 Å². The normalized spacial score (nSPS) is 14.6. The van der Waals surface area contributed by atoms with E-state index in [1.807, 2.05) is 48.7 Å². The van der Waals surface area contributed by atoms with Crippen LogP contribution in [0, 0.1) is 0 Å². The zero-order valence-electron chi connectivity index (χ0n) is 24.6. The number of hydrogen-bond donors (Lipinski definition) is 0. The summed E-state index contributed by atoms with van der Waals surface area (Å²) in [6.07, 6.45) is 3.67. The minimum absolute atomic E-state index is 0.164. The van der Waals surface area contributed by atoms with E-state index < -0.39 is 18.0 Å². The molecule has 45 heavy (non-hydrogen) atoms. The molecule has 0 fully saturated rings. The first kappa shape index (κ1) is 30.0. The molecule has 1 aliphatic heterocycles. The van der Waals surface area contributed by atoms with Gasteiger partial charge in [0.1, 0.15) is 11.4 Å². The second-order valence-corrected chi connectivity index (χ2v) is 11.6. The van der Waals surface area contributed by atoms with Crippen molar-refractivity contribution in [3.8, 4) is 22.7 Å². The first-order valence-electron chi connectivity index (χ1n) is 14.1. The number of esters is 2. The summed E-state index contributed by atoms with van der Waals surface area (Å²) in [5.74, 6) is -0.661. The average Bonchev–Trinajstić information content (AvgIpc) is 3.58. The highest BCUT2D eigenvalue weighted by Crippen LogP contribution is 2.32. The van der Waals surface area contributed by atoms with Crippen LogP contribution >= 0.6 is 22.9 Å². The zero-order chi connectivity index (χ0) is 31.7. The van der Waals surface area contributed by atoms with Crippen LogP contribution in [-0.2, 0) is 14.3 Å². The number of carbonyl (C=O) groups is 2. The third kappa shape index (κ3) is 6.02. The molecule has 6 rings (SSSR count). The minimum atomic E-state index is -0.809. The van der Waals surface area contributed by atoms with Gasteiger partial charge in [-0.1, -0.05) is 65.4 Å². The molecule has 0 radical (unpaired) electrons. The predicted molar refractivity (Wildman–Crippen MR) is 172 cm³/mol. The van der Waals surface area contributed by atoms with Crippen LogP contribution in [0.1, 0.15) is 37.9 Å². The molecule has 1 aliphatic rings. The summed E-state index contributed by atoms with van der Waals surface area (Å²) in [4.78, 5) is 44.0. The summed E-state index contributed by atoms with van der Waals surface area (Å²) in [7, 11) is 0. The molecule has 0 amide bonds. The van der Waals surface area contributed by atoms with Crippen molar-refractivity contribution in [1.29, 1.82) is 0 Å². The average molecular weight is 639 g/mol. The van der Waals surface area contributed by atoms with Gasteiger partial charge in [0.05, 0.1) is 34.1 Å². The Labute approximate surface area is 267 Å². The van der Waals surface area contributed by atoms with E-state index in [1.165, 1.54) is 22.8 Å². The van der Waals surface area contributed by atoms with Crippen molar-refractivity contribution >= 4 is 41.0 Å². The number of nitrogens with zero attached hydrogens (tertiary/aromatic N) is 4. The Morgan fingerprint density at radius 2 is 1.73 bits per heavy atom. The van der Waals surface area contributed by atoms with Crippen LogP contribution in [0.15, 0.2) is 106 Å². The third-order valence-electron chi connectivity index (χ3n) is 7.14. The van der Waals surface area contributed by atoms with Gasteiger partial charge in [0.2, 0.25) is 0 Å². The largest absolute Gasteiger partial charge is 0.463 e. The summed E-state index contributed by atoms with van der Waals surface area (Å²) >= 11 is 7.39. The Morgan fingerprint density at radius 3 is 2.40 bits per heavy atom. The summed E-state index contributed by atoms with van der Waals surface area (Å²) in [6, 6.07) is 22.9. The lowest BCUT2D eigenvalue weighted by Crippen LogP contribution is -2.39. The summed E-state index contributed by atoms with van der Waals surface area (Å²) in [5, 5.41) is 5.46. The van der Waals surface area contributed by atoms with E-state index in [-0.39, 0.29) is 17.7 Å². The smallest absolute Gasteiger partial charge is 0.338 e.